The fourth-order valence-electron chi connectivity index (χ4n) is 2.88. The van der Waals surface area contributed by atoms with Crippen molar-refractivity contribution >= 4 is 32.3 Å². The lowest BCUT2D eigenvalue weighted by atomic mass is 9.76. The van der Waals surface area contributed by atoms with Gasteiger partial charge in [0.25, 0.3) is 8.05 Å². The molecule has 128 valence electrons. The van der Waals surface area contributed by atoms with Crippen LogP contribution >= 0.6 is 0 Å². The molecule has 2 aliphatic rings. The number of carbonyl (C=O) groups is 1. The Kier molecular flexibility index (Phi) is 4.64. The molecule has 0 aliphatic carbocycles. The van der Waals surface area contributed by atoms with Crippen LogP contribution in [0.5, 0.6) is 0 Å². The Morgan fingerprint density at radius 1 is 1.46 bits per heavy atom. The highest BCUT2D eigenvalue weighted by atomic mass is 16.7. The Morgan fingerprint density at radius 2 is 2.17 bits per heavy atom. The highest BCUT2D eigenvalue weighted by Gasteiger charge is 2.44. The molecule has 0 spiro atoms. The van der Waals surface area contributed by atoms with E-state index in [2.05, 4.69) is 5.32 Å². The zero-order chi connectivity index (χ0) is 17.5. The lowest BCUT2D eigenvalue weighted by molar-refractivity contribution is 0.0558. The molecular formula is C16H24B2N2O4. The summed E-state index contributed by atoms with van der Waals surface area (Å²) in [6.07, 6.45) is 0.152. The number of anilines is 1. The first-order chi connectivity index (χ1) is 11.3. The maximum absolute atomic E-state index is 12.3. The van der Waals surface area contributed by atoms with Crippen LogP contribution in [0, 0.1) is 6.92 Å². The van der Waals surface area contributed by atoms with E-state index in [9.17, 15) is 4.79 Å². The third-order valence-electron chi connectivity index (χ3n) is 5.06. The van der Waals surface area contributed by atoms with Crippen LogP contribution in [0.3, 0.4) is 0 Å². The summed E-state index contributed by atoms with van der Waals surface area (Å²) < 4.78 is 17.2. The molecule has 0 saturated carbocycles. The molecule has 0 radical (unpaired) electrons. The van der Waals surface area contributed by atoms with Crippen molar-refractivity contribution < 1.29 is 18.8 Å². The van der Waals surface area contributed by atoms with Gasteiger partial charge < -0.3 is 24.2 Å². The lowest BCUT2D eigenvalue weighted by Crippen LogP contribution is -2.56. The van der Waals surface area contributed by atoms with Gasteiger partial charge in [-0.05, 0) is 44.8 Å². The number of benzene rings is 1. The minimum absolute atomic E-state index is 0.00668. The summed E-state index contributed by atoms with van der Waals surface area (Å²) in [5, 5.41) is 2.97. The van der Waals surface area contributed by atoms with Crippen molar-refractivity contribution in [2.24, 2.45) is 0 Å². The van der Waals surface area contributed by atoms with Crippen LogP contribution in [-0.4, -0.2) is 57.0 Å². The molecular weight excluding hydrogens is 306 g/mol. The molecule has 1 unspecified atom stereocenters. The van der Waals surface area contributed by atoms with Crippen molar-refractivity contribution in [1.29, 1.82) is 0 Å². The minimum Gasteiger partial charge on any atom is -0.438 e. The second kappa shape index (κ2) is 6.43. The van der Waals surface area contributed by atoms with Gasteiger partial charge in [-0.2, -0.15) is 0 Å². The van der Waals surface area contributed by atoms with Crippen molar-refractivity contribution in [2.75, 3.05) is 18.4 Å². The van der Waals surface area contributed by atoms with Crippen molar-refractivity contribution in [3.8, 4) is 0 Å². The number of amides is 2. The van der Waals surface area contributed by atoms with Crippen molar-refractivity contribution in [3.63, 3.8) is 0 Å². The van der Waals surface area contributed by atoms with Gasteiger partial charge in [0.05, 0.1) is 17.8 Å². The number of hydrogen-bond acceptors (Lipinski definition) is 4. The highest BCUT2D eigenvalue weighted by Crippen LogP contribution is 2.28. The number of rotatable bonds is 3. The van der Waals surface area contributed by atoms with Gasteiger partial charge >= 0.3 is 13.1 Å². The van der Waals surface area contributed by atoms with Crippen molar-refractivity contribution in [1.82, 2.24) is 4.90 Å². The lowest BCUT2D eigenvalue weighted by Gasteiger charge is -2.38. The first-order valence-corrected chi connectivity index (χ1v) is 8.33. The van der Waals surface area contributed by atoms with Crippen LogP contribution in [0.2, 0.25) is 0 Å². The maximum Gasteiger partial charge on any atom is 0.494 e. The second-order valence-electron chi connectivity index (χ2n) is 7.04. The van der Waals surface area contributed by atoms with Crippen LogP contribution in [0.15, 0.2) is 18.2 Å². The number of urea groups is 1. The molecule has 2 aliphatic heterocycles. The van der Waals surface area contributed by atoms with Crippen LogP contribution < -0.4 is 10.8 Å². The Labute approximate surface area is 144 Å². The molecule has 24 heavy (non-hydrogen) atoms. The smallest absolute Gasteiger partial charge is 0.438 e. The molecule has 2 fully saturated rings. The summed E-state index contributed by atoms with van der Waals surface area (Å²) >= 11 is 0. The number of carbonyl (C=O) groups excluding carboxylic acids is 1. The summed E-state index contributed by atoms with van der Waals surface area (Å²) in [4.78, 5) is 14.0. The zero-order valence-corrected chi connectivity index (χ0v) is 15.0. The summed E-state index contributed by atoms with van der Waals surface area (Å²) in [6, 6.07) is 5.68. The fourth-order valence-corrected chi connectivity index (χ4v) is 2.88. The van der Waals surface area contributed by atoms with Gasteiger partial charge in [-0.1, -0.05) is 12.1 Å². The Hall–Kier alpha value is -1.50. The predicted molar refractivity (Wildman–Crippen MR) is 96.3 cm³/mol. The SMILES string of the molecule is BOC1CN(C(=O)Nc2cccc(B3OC(C)C(C)(C)O3)c2C)C1. The summed E-state index contributed by atoms with van der Waals surface area (Å²) in [6.45, 7) is 9.28. The summed E-state index contributed by atoms with van der Waals surface area (Å²) in [7, 11) is 1.26. The summed E-state index contributed by atoms with van der Waals surface area (Å²) in [5.74, 6) is 0. The third kappa shape index (κ3) is 3.18. The zero-order valence-electron chi connectivity index (χ0n) is 15.0. The standard InChI is InChI=1S/C16H24B2N2O4/c1-10-13(18-23-11(2)16(3,4)24-18)6-5-7-14(10)19-15(21)20-8-12(9-20)22-17/h5-7,11-12H,8-9,17H2,1-4H3,(H,19,21). The van der Waals surface area contributed by atoms with Crippen LogP contribution in [0.1, 0.15) is 26.3 Å². The number of nitrogens with zero attached hydrogens (tertiary/aromatic N) is 1. The van der Waals surface area contributed by atoms with Gasteiger partial charge in [0.1, 0.15) is 0 Å². The Bertz CT molecular complexity index is 635. The molecule has 0 bridgehead atoms. The van der Waals surface area contributed by atoms with Crippen molar-refractivity contribution in [2.45, 2.75) is 45.5 Å². The Balaban J connectivity index is 1.71. The van der Waals surface area contributed by atoms with Gasteiger partial charge in [-0.3, -0.25) is 0 Å². The molecule has 3 rings (SSSR count). The summed E-state index contributed by atoms with van der Waals surface area (Å²) in [5.41, 5.74) is 2.36. The quantitative estimate of drug-likeness (QED) is 0.829. The van der Waals surface area contributed by atoms with E-state index in [0.717, 1.165) is 16.7 Å². The van der Waals surface area contributed by atoms with E-state index < -0.39 is 7.12 Å². The van der Waals surface area contributed by atoms with Crippen LogP contribution in [0.25, 0.3) is 0 Å². The average Bonchev–Trinajstić information content (AvgIpc) is 2.74. The monoisotopic (exact) mass is 330 g/mol. The minimum atomic E-state index is -0.409. The number of hydrogen-bond donors (Lipinski definition) is 1. The van der Waals surface area contributed by atoms with Gasteiger partial charge in [0.2, 0.25) is 0 Å². The molecule has 2 amide bonds. The Morgan fingerprint density at radius 3 is 2.75 bits per heavy atom. The van der Waals surface area contributed by atoms with Gasteiger partial charge in [0, 0.05) is 18.8 Å². The molecule has 8 heteroatoms. The maximum atomic E-state index is 12.3. The van der Waals surface area contributed by atoms with E-state index in [1.165, 1.54) is 0 Å². The van der Waals surface area contributed by atoms with Crippen molar-refractivity contribution in [3.05, 3.63) is 23.8 Å². The number of likely N-dealkylation sites (tertiary alicyclic amines) is 1. The molecule has 0 aromatic heterocycles. The topological polar surface area (TPSA) is 60.0 Å². The normalized spacial score (nSPS) is 23.2. The third-order valence-corrected chi connectivity index (χ3v) is 5.06. The van der Waals surface area contributed by atoms with E-state index in [1.807, 2.05) is 45.9 Å². The van der Waals surface area contributed by atoms with E-state index in [0.29, 0.717) is 13.1 Å². The molecule has 6 nitrogen and oxygen atoms in total. The van der Waals surface area contributed by atoms with E-state index >= 15 is 0 Å². The van der Waals surface area contributed by atoms with Crippen LogP contribution in [-0.2, 0) is 14.0 Å². The van der Waals surface area contributed by atoms with E-state index in [4.69, 9.17) is 14.0 Å². The molecule has 2 saturated heterocycles. The highest BCUT2D eigenvalue weighted by molar-refractivity contribution is 6.62. The molecule has 1 N–H and O–H groups in total. The molecule has 2 heterocycles. The van der Waals surface area contributed by atoms with E-state index in [1.54, 1.807) is 12.9 Å². The van der Waals surface area contributed by atoms with E-state index in [-0.39, 0.29) is 23.8 Å². The van der Waals surface area contributed by atoms with Gasteiger partial charge in [-0.25, -0.2) is 4.79 Å². The largest absolute Gasteiger partial charge is 0.494 e. The molecule has 1 aromatic carbocycles. The molecule has 1 atom stereocenters. The average molecular weight is 330 g/mol. The van der Waals surface area contributed by atoms with Gasteiger partial charge in [-0.15, -0.1) is 0 Å². The predicted octanol–water partition coefficient (Wildman–Crippen LogP) is 0.685. The number of nitrogens with one attached hydrogen (secondary N) is 1. The van der Waals surface area contributed by atoms with Gasteiger partial charge in [0.15, 0.2) is 0 Å². The first-order valence-electron chi connectivity index (χ1n) is 8.33. The van der Waals surface area contributed by atoms with Crippen LogP contribution in [0.4, 0.5) is 10.5 Å². The molecule has 1 aromatic rings. The first kappa shape index (κ1) is 17.3. The fraction of sp³-hybridized carbons (Fsp3) is 0.562. The second-order valence-corrected chi connectivity index (χ2v) is 7.04.